The third-order valence-corrected chi connectivity index (χ3v) is 3.89. The van der Waals surface area contributed by atoms with Gasteiger partial charge in [-0.25, -0.2) is 4.99 Å². The minimum atomic E-state index is 0.393. The minimum Gasteiger partial charge on any atom is -0.460 e. The van der Waals surface area contributed by atoms with Gasteiger partial charge in [-0.2, -0.15) is 0 Å². The van der Waals surface area contributed by atoms with Gasteiger partial charge in [-0.15, -0.1) is 0 Å². The molecule has 4 heteroatoms. The summed E-state index contributed by atoms with van der Waals surface area (Å²) in [4.78, 5) is 4.55. The van der Waals surface area contributed by atoms with E-state index in [-0.39, 0.29) is 0 Å². The second kappa shape index (κ2) is 4.62. The van der Waals surface area contributed by atoms with Crippen LogP contribution in [0.4, 0.5) is 0 Å². The molecule has 16 heavy (non-hydrogen) atoms. The van der Waals surface area contributed by atoms with Gasteiger partial charge in [0, 0.05) is 6.04 Å². The van der Waals surface area contributed by atoms with Crippen LogP contribution >= 0.6 is 0 Å². The van der Waals surface area contributed by atoms with Gasteiger partial charge in [-0.3, -0.25) is 0 Å². The zero-order valence-electron chi connectivity index (χ0n) is 9.74. The first-order valence-corrected chi connectivity index (χ1v) is 6.63. The first kappa shape index (κ1) is 10.4. The van der Waals surface area contributed by atoms with Crippen molar-refractivity contribution >= 4 is 6.02 Å². The molecule has 3 unspecified atom stereocenters. The fraction of sp³-hybridized carbons (Fsp3) is 0.917. The summed E-state index contributed by atoms with van der Waals surface area (Å²) in [5.74, 6) is 0. The number of rotatable bonds is 2. The summed E-state index contributed by atoms with van der Waals surface area (Å²) < 4.78 is 5.84. The molecule has 0 aromatic heterocycles. The summed E-state index contributed by atoms with van der Waals surface area (Å²) in [7, 11) is 0. The molecule has 3 aliphatic rings. The number of amidine groups is 1. The van der Waals surface area contributed by atoms with Crippen LogP contribution in [-0.4, -0.2) is 37.3 Å². The van der Waals surface area contributed by atoms with E-state index in [9.17, 15) is 0 Å². The summed E-state index contributed by atoms with van der Waals surface area (Å²) in [5.41, 5.74) is 0. The Morgan fingerprint density at radius 2 is 2.12 bits per heavy atom. The minimum absolute atomic E-state index is 0.393. The molecule has 0 spiro atoms. The van der Waals surface area contributed by atoms with E-state index in [0.717, 1.165) is 19.1 Å². The quantitative estimate of drug-likeness (QED) is 0.735. The van der Waals surface area contributed by atoms with Crippen molar-refractivity contribution < 1.29 is 4.74 Å². The molecule has 2 N–H and O–H groups in total. The Morgan fingerprint density at radius 3 is 2.94 bits per heavy atom. The smallest absolute Gasteiger partial charge is 0.285 e. The molecule has 0 amide bonds. The molecule has 0 bridgehead atoms. The second-order valence-electron chi connectivity index (χ2n) is 5.13. The Hall–Kier alpha value is -0.770. The molecular formula is C12H21N3O. The van der Waals surface area contributed by atoms with Gasteiger partial charge in [-0.05, 0) is 38.6 Å². The third kappa shape index (κ3) is 2.17. The normalized spacial score (nSPS) is 40.5. The van der Waals surface area contributed by atoms with E-state index in [1.165, 1.54) is 38.5 Å². The van der Waals surface area contributed by atoms with Crippen molar-refractivity contribution in [3.63, 3.8) is 0 Å². The van der Waals surface area contributed by atoms with Gasteiger partial charge >= 0.3 is 0 Å². The van der Waals surface area contributed by atoms with Crippen LogP contribution in [0.2, 0.25) is 0 Å². The molecule has 3 atom stereocenters. The Bertz CT molecular complexity index is 257. The lowest BCUT2D eigenvalue weighted by atomic mass is 9.93. The fourth-order valence-electron chi connectivity index (χ4n) is 2.93. The number of aliphatic imine (C=N–C) groups is 1. The fourth-order valence-corrected chi connectivity index (χ4v) is 2.93. The van der Waals surface area contributed by atoms with Crippen molar-refractivity contribution in [3.8, 4) is 0 Å². The van der Waals surface area contributed by atoms with Crippen LogP contribution in [0, 0.1) is 0 Å². The maximum Gasteiger partial charge on any atom is 0.285 e. The maximum atomic E-state index is 5.84. The molecule has 0 radical (unpaired) electrons. The molecule has 2 saturated heterocycles. The average molecular weight is 223 g/mol. The monoisotopic (exact) mass is 223 g/mol. The molecule has 0 aromatic carbocycles. The standard InChI is InChI=1S/C12H21N3O/c1-2-6-11-10(5-1)15-12(16-11)14-8-9-4-3-7-13-9/h9-11,13H,1-8H2,(H,14,15). The van der Waals surface area contributed by atoms with Crippen LogP contribution in [-0.2, 0) is 4.74 Å². The van der Waals surface area contributed by atoms with E-state index in [2.05, 4.69) is 15.6 Å². The van der Waals surface area contributed by atoms with Crippen molar-refractivity contribution in [2.45, 2.75) is 56.7 Å². The van der Waals surface area contributed by atoms with Gasteiger partial charge in [0.1, 0.15) is 6.10 Å². The van der Waals surface area contributed by atoms with Gasteiger partial charge in [0.25, 0.3) is 6.02 Å². The number of nitrogens with one attached hydrogen (secondary N) is 2. The number of fused-ring (bicyclic) bond motifs is 1. The predicted octanol–water partition coefficient (Wildman–Crippen LogP) is 1.03. The Kier molecular flexibility index (Phi) is 3.00. The number of ether oxygens (including phenoxy) is 1. The molecule has 90 valence electrons. The van der Waals surface area contributed by atoms with Crippen LogP contribution in [0.3, 0.4) is 0 Å². The zero-order chi connectivity index (χ0) is 10.8. The summed E-state index contributed by atoms with van der Waals surface area (Å²) in [6, 6.07) is 1.90. The molecular weight excluding hydrogens is 202 g/mol. The lowest BCUT2D eigenvalue weighted by molar-refractivity contribution is 0.159. The molecule has 1 saturated carbocycles. The van der Waals surface area contributed by atoms with E-state index < -0.39 is 0 Å². The van der Waals surface area contributed by atoms with E-state index in [1.807, 2.05) is 0 Å². The predicted molar refractivity (Wildman–Crippen MR) is 63.6 cm³/mol. The Morgan fingerprint density at radius 1 is 1.19 bits per heavy atom. The molecule has 1 aliphatic carbocycles. The first-order valence-electron chi connectivity index (χ1n) is 6.63. The molecule has 0 aromatic rings. The number of nitrogens with zero attached hydrogens (tertiary/aromatic N) is 1. The van der Waals surface area contributed by atoms with Crippen LogP contribution in [0.5, 0.6) is 0 Å². The highest BCUT2D eigenvalue weighted by atomic mass is 16.5. The highest BCUT2D eigenvalue weighted by Gasteiger charge is 2.34. The van der Waals surface area contributed by atoms with Gasteiger partial charge < -0.3 is 15.4 Å². The summed E-state index contributed by atoms with van der Waals surface area (Å²) in [6.07, 6.45) is 8.00. The van der Waals surface area contributed by atoms with Gasteiger partial charge in [-0.1, -0.05) is 6.42 Å². The van der Waals surface area contributed by atoms with Crippen LogP contribution in [0.15, 0.2) is 4.99 Å². The lowest BCUT2D eigenvalue weighted by Gasteiger charge is -2.21. The van der Waals surface area contributed by atoms with Gasteiger partial charge in [0.05, 0.1) is 12.6 Å². The highest BCUT2D eigenvalue weighted by Crippen LogP contribution is 2.25. The first-order chi connectivity index (χ1) is 7.92. The third-order valence-electron chi connectivity index (χ3n) is 3.89. The van der Waals surface area contributed by atoms with E-state index in [0.29, 0.717) is 18.2 Å². The highest BCUT2D eigenvalue weighted by molar-refractivity contribution is 5.76. The van der Waals surface area contributed by atoms with E-state index in [4.69, 9.17) is 4.74 Å². The van der Waals surface area contributed by atoms with Crippen LogP contribution < -0.4 is 10.6 Å². The lowest BCUT2D eigenvalue weighted by Crippen LogP contribution is -2.34. The molecule has 2 heterocycles. The Balaban J connectivity index is 1.53. The average Bonchev–Trinajstić information content (AvgIpc) is 2.95. The van der Waals surface area contributed by atoms with Crippen molar-refractivity contribution in [1.82, 2.24) is 10.6 Å². The van der Waals surface area contributed by atoms with Crippen molar-refractivity contribution in [3.05, 3.63) is 0 Å². The number of hydrogen-bond acceptors (Lipinski definition) is 3. The van der Waals surface area contributed by atoms with Gasteiger partial charge in [0.2, 0.25) is 0 Å². The zero-order valence-corrected chi connectivity index (χ0v) is 9.74. The van der Waals surface area contributed by atoms with Crippen LogP contribution in [0.25, 0.3) is 0 Å². The van der Waals surface area contributed by atoms with Crippen molar-refractivity contribution in [1.29, 1.82) is 0 Å². The molecule has 4 nitrogen and oxygen atoms in total. The van der Waals surface area contributed by atoms with Crippen LogP contribution in [0.1, 0.15) is 38.5 Å². The van der Waals surface area contributed by atoms with E-state index in [1.54, 1.807) is 0 Å². The largest absolute Gasteiger partial charge is 0.460 e. The van der Waals surface area contributed by atoms with Crippen molar-refractivity contribution in [2.24, 2.45) is 4.99 Å². The van der Waals surface area contributed by atoms with Crippen molar-refractivity contribution in [2.75, 3.05) is 13.1 Å². The second-order valence-corrected chi connectivity index (χ2v) is 5.13. The Labute approximate surface area is 96.8 Å². The topological polar surface area (TPSA) is 45.7 Å². The summed E-state index contributed by atoms with van der Waals surface area (Å²) in [5, 5.41) is 6.87. The van der Waals surface area contributed by atoms with Gasteiger partial charge in [0.15, 0.2) is 0 Å². The summed E-state index contributed by atoms with van der Waals surface area (Å²) in [6.45, 7) is 2.01. The van der Waals surface area contributed by atoms with E-state index >= 15 is 0 Å². The molecule has 3 fully saturated rings. The number of hydrogen-bond donors (Lipinski definition) is 2. The maximum absolute atomic E-state index is 5.84. The summed E-state index contributed by atoms with van der Waals surface area (Å²) >= 11 is 0. The SMILES string of the molecule is C1CNC(CN=C2NC3CCCCC3O2)C1. The molecule has 3 rings (SSSR count). The molecule has 2 aliphatic heterocycles.